The van der Waals surface area contributed by atoms with Gasteiger partial charge in [-0.1, -0.05) is 13.8 Å². The van der Waals surface area contributed by atoms with Crippen LogP contribution in [0.4, 0.5) is 0 Å². The molecule has 28 nitrogen and oxygen atoms in total. The lowest BCUT2D eigenvalue weighted by Gasteiger charge is -2.30. The molecule has 358 valence electrons. The fourth-order valence-corrected chi connectivity index (χ4v) is 5.13. The Hall–Kier alpha value is -6.07. The van der Waals surface area contributed by atoms with Gasteiger partial charge in [0.25, 0.3) is 0 Å². The van der Waals surface area contributed by atoms with E-state index in [-0.39, 0.29) is 0 Å². The minimum Gasteiger partial charge on any atom is -0.481 e. The Morgan fingerprint density at radius 3 is 1.11 bits per heavy atom. The fourth-order valence-electron chi connectivity index (χ4n) is 5.13. The summed E-state index contributed by atoms with van der Waals surface area (Å²) in [6.45, 7) is 3.01. The molecule has 0 spiro atoms. The molecular weight excluding hydrogens is 848 g/mol. The molecule has 0 bridgehead atoms. The Labute approximate surface area is 360 Å². The second kappa shape index (κ2) is 27.8. The number of hydrogen-bond donors (Lipinski definition) is 17. The Bertz CT molecular complexity index is 1640. The van der Waals surface area contributed by atoms with Crippen molar-refractivity contribution in [1.29, 1.82) is 0 Å². The van der Waals surface area contributed by atoms with Crippen LogP contribution >= 0.6 is 0 Å². The van der Waals surface area contributed by atoms with Crippen LogP contribution in [0, 0.1) is 5.92 Å². The number of carbonyl (C=O) groups excluding carboxylic acids is 9. The first kappa shape index (κ1) is 56.9. The van der Waals surface area contributed by atoms with Gasteiger partial charge >= 0.3 is 11.9 Å². The van der Waals surface area contributed by atoms with Gasteiger partial charge in [0.05, 0.1) is 38.1 Å². The van der Waals surface area contributed by atoms with Gasteiger partial charge in [-0.3, -0.25) is 47.9 Å². The van der Waals surface area contributed by atoms with Gasteiger partial charge in [-0.2, -0.15) is 0 Å². The van der Waals surface area contributed by atoms with Crippen molar-refractivity contribution in [1.82, 2.24) is 42.5 Å². The zero-order valence-electron chi connectivity index (χ0n) is 35.2. The molecule has 0 aliphatic carbocycles. The molecular formula is C35H60N10O18. The summed E-state index contributed by atoms with van der Waals surface area (Å²) in [6.07, 6.45) is -5.59. The lowest BCUT2D eigenvalue weighted by molar-refractivity contribution is -0.144. The molecule has 0 saturated heterocycles. The minimum absolute atomic E-state index is 0.473. The van der Waals surface area contributed by atoms with Crippen molar-refractivity contribution >= 4 is 65.1 Å². The molecule has 0 saturated carbocycles. The molecule has 28 heteroatoms. The molecule has 0 radical (unpaired) electrons. The summed E-state index contributed by atoms with van der Waals surface area (Å²) in [4.78, 5) is 139. The molecule has 11 atom stereocenters. The normalized spacial score (nSPS) is 16.3. The van der Waals surface area contributed by atoms with Crippen molar-refractivity contribution in [2.45, 2.75) is 127 Å². The average molecular weight is 909 g/mol. The van der Waals surface area contributed by atoms with Crippen molar-refractivity contribution < 1.29 is 88.5 Å². The van der Waals surface area contributed by atoms with Crippen molar-refractivity contribution in [2.24, 2.45) is 17.4 Å². The third kappa shape index (κ3) is 20.1. The summed E-state index contributed by atoms with van der Waals surface area (Å²) in [7, 11) is 0. The van der Waals surface area contributed by atoms with Crippen LogP contribution in [-0.2, 0) is 52.7 Å². The maximum Gasteiger partial charge on any atom is 0.328 e. The van der Waals surface area contributed by atoms with Crippen LogP contribution in [-0.4, -0.2) is 187 Å². The number of rotatable bonds is 29. The summed E-state index contributed by atoms with van der Waals surface area (Å²) < 4.78 is 0. The van der Waals surface area contributed by atoms with Crippen LogP contribution in [0.15, 0.2) is 0 Å². The summed E-state index contributed by atoms with van der Waals surface area (Å²) in [5.74, 6) is -14.2. The minimum atomic E-state index is -1.92. The molecule has 0 fully saturated rings. The van der Waals surface area contributed by atoms with Crippen LogP contribution < -0.4 is 54.0 Å². The maximum absolute atomic E-state index is 13.6. The van der Waals surface area contributed by atoms with Crippen molar-refractivity contribution in [3.05, 3.63) is 0 Å². The Kier molecular flexibility index (Phi) is 25.1. The van der Waals surface area contributed by atoms with Gasteiger partial charge in [0.1, 0.15) is 48.3 Å². The second-order valence-electron chi connectivity index (χ2n) is 14.6. The highest BCUT2D eigenvalue weighted by Gasteiger charge is 2.37. The number of carboxylic acid groups (broad SMARTS) is 2. The number of nitrogens with one attached hydrogen (secondary N) is 8. The fraction of sp³-hybridized carbons (Fsp3) is 0.686. The lowest BCUT2D eigenvalue weighted by atomic mass is 10.0. The van der Waals surface area contributed by atoms with E-state index in [2.05, 4.69) is 26.6 Å². The second-order valence-corrected chi connectivity index (χ2v) is 14.6. The number of carbonyl (C=O) groups is 11. The molecule has 0 aromatic rings. The highest BCUT2D eigenvalue weighted by molar-refractivity contribution is 5.98. The van der Waals surface area contributed by atoms with Gasteiger partial charge < -0.3 is 89.7 Å². The van der Waals surface area contributed by atoms with Crippen LogP contribution in [0.2, 0.25) is 0 Å². The number of hydrogen-bond acceptors (Lipinski definition) is 17. The van der Waals surface area contributed by atoms with E-state index in [1.807, 2.05) is 16.0 Å². The number of aliphatic hydroxyl groups is 5. The summed E-state index contributed by atoms with van der Waals surface area (Å²) in [6, 6.07) is -15.3. The highest BCUT2D eigenvalue weighted by atomic mass is 16.4. The molecule has 0 aliphatic heterocycles. The first-order valence-corrected chi connectivity index (χ1v) is 19.3. The molecule has 0 aromatic carbocycles. The summed E-state index contributed by atoms with van der Waals surface area (Å²) in [5.41, 5.74) is 10.7. The Balaban J connectivity index is 6.31. The number of carboxylic acids is 2. The smallest absolute Gasteiger partial charge is 0.328 e. The van der Waals surface area contributed by atoms with Crippen molar-refractivity contribution in [3.8, 4) is 0 Å². The zero-order valence-corrected chi connectivity index (χ0v) is 35.2. The maximum atomic E-state index is 13.6. The van der Waals surface area contributed by atoms with Crippen molar-refractivity contribution in [2.75, 3.05) is 19.8 Å². The standard InChI is InChI=1S/C35H60N10O18/c1-13(2)24(43-34(61)26(16(5)50)45-29(56)17(6-8-22(37)51)39-33(60)25(15(4)49)44-27(54)14(3)36)32(59)38-18(7-9-23(52)53)28(55)40-19(10-46)30(57)41-20(11-47)31(58)42-21(12-48)35(62)63/h13-21,24-26,46-50H,6-12,36H2,1-5H3,(H2,37,51)(H,38,59)(H,39,60)(H,40,55)(H,41,57)(H,42,58)(H,43,61)(H,44,54)(H,45,56)(H,52,53)(H,62,63)/t14-,15+,16+,17-,18-,19-,20-,21-,24-,25-,26-/m0/s1. The number of aliphatic hydroxyl groups excluding tert-OH is 5. The zero-order chi connectivity index (χ0) is 48.9. The molecule has 0 rings (SSSR count). The third-order valence-corrected chi connectivity index (χ3v) is 8.81. The van der Waals surface area contributed by atoms with Crippen LogP contribution in [0.3, 0.4) is 0 Å². The van der Waals surface area contributed by atoms with Crippen LogP contribution in [0.1, 0.15) is 60.3 Å². The van der Waals surface area contributed by atoms with Gasteiger partial charge in [-0.15, -0.1) is 0 Å². The predicted molar refractivity (Wildman–Crippen MR) is 211 cm³/mol. The van der Waals surface area contributed by atoms with Gasteiger partial charge in [-0.25, -0.2) is 4.79 Å². The first-order chi connectivity index (χ1) is 29.2. The van der Waals surface area contributed by atoms with E-state index in [1.54, 1.807) is 0 Å². The molecule has 0 aromatic heterocycles. The molecule has 0 unspecified atom stereocenters. The van der Waals surface area contributed by atoms with Gasteiger partial charge in [-0.05, 0) is 39.5 Å². The largest absolute Gasteiger partial charge is 0.481 e. The molecule has 0 aliphatic rings. The number of nitrogens with two attached hydrogens (primary N) is 2. The van der Waals surface area contributed by atoms with E-state index in [4.69, 9.17) is 21.7 Å². The highest BCUT2D eigenvalue weighted by Crippen LogP contribution is 2.09. The Morgan fingerprint density at radius 1 is 0.444 bits per heavy atom. The summed E-state index contributed by atoms with van der Waals surface area (Å²) in [5, 5.41) is 84.5. The molecule has 0 heterocycles. The first-order valence-electron chi connectivity index (χ1n) is 19.3. The van der Waals surface area contributed by atoms with E-state index in [0.29, 0.717) is 0 Å². The third-order valence-electron chi connectivity index (χ3n) is 8.81. The van der Waals surface area contributed by atoms with Gasteiger partial charge in [0.2, 0.25) is 53.2 Å². The van der Waals surface area contributed by atoms with E-state index in [9.17, 15) is 78.3 Å². The van der Waals surface area contributed by atoms with Crippen LogP contribution in [0.5, 0.6) is 0 Å². The number of aliphatic carboxylic acids is 2. The van der Waals surface area contributed by atoms with Crippen molar-refractivity contribution in [3.63, 3.8) is 0 Å². The SMILES string of the molecule is CC(C)[C@H](NC(=O)[C@@H](NC(=O)[C@H](CCC(N)=O)NC(=O)[C@@H](NC(=O)[C@H](C)N)[C@@H](C)O)[C@@H](C)O)C(=O)N[C@@H](CCC(=O)O)C(=O)N[C@@H](CO)C(=O)N[C@@H](CO)C(=O)N[C@@H](CO)C(=O)O. The Morgan fingerprint density at radius 2 is 0.762 bits per heavy atom. The molecule has 9 amide bonds. The van der Waals surface area contributed by atoms with E-state index in [0.717, 1.165) is 13.8 Å². The van der Waals surface area contributed by atoms with E-state index >= 15 is 0 Å². The monoisotopic (exact) mass is 908 g/mol. The predicted octanol–water partition coefficient (Wildman–Crippen LogP) is -9.18. The number of primary amides is 1. The lowest BCUT2D eigenvalue weighted by Crippen LogP contribution is -2.63. The quantitative estimate of drug-likeness (QED) is 0.0331. The van der Waals surface area contributed by atoms with E-state index < -0.39 is 183 Å². The molecule has 19 N–H and O–H groups in total. The summed E-state index contributed by atoms with van der Waals surface area (Å²) >= 11 is 0. The van der Waals surface area contributed by atoms with Gasteiger partial charge in [0.15, 0.2) is 0 Å². The van der Waals surface area contributed by atoms with Gasteiger partial charge in [0, 0.05) is 12.8 Å². The topological polar surface area (TPSA) is 478 Å². The molecule has 63 heavy (non-hydrogen) atoms. The number of amides is 9. The van der Waals surface area contributed by atoms with Crippen LogP contribution in [0.25, 0.3) is 0 Å². The average Bonchev–Trinajstić information content (AvgIpc) is 3.19. The van der Waals surface area contributed by atoms with E-state index in [1.165, 1.54) is 20.8 Å².